The maximum Gasteiger partial charge on any atom is 0.0461 e. The molecular weight excluding hydrogens is 330 g/mol. The van der Waals surface area contributed by atoms with E-state index in [1.54, 1.807) is 11.1 Å². The van der Waals surface area contributed by atoms with Gasteiger partial charge in [0.05, 0.1) is 0 Å². The molecule has 1 saturated carbocycles. The molecule has 1 aromatic carbocycles. The molecule has 0 radical (unpaired) electrons. The van der Waals surface area contributed by atoms with E-state index in [1.807, 2.05) is 11.3 Å². The third kappa shape index (κ3) is 1.91. The zero-order valence-corrected chi connectivity index (χ0v) is 13.9. The zero-order chi connectivity index (χ0) is 13.7. The lowest BCUT2D eigenvalue weighted by Crippen LogP contribution is -2.19. The Morgan fingerprint density at radius 1 is 1.30 bits per heavy atom. The molecule has 0 aliphatic heterocycles. The number of nitrogens with one attached hydrogen (secondary N) is 1. The Balaban J connectivity index is 1.67. The van der Waals surface area contributed by atoms with E-state index in [4.69, 9.17) is 0 Å². The first-order valence-corrected chi connectivity index (χ1v) is 8.96. The number of rotatable bonds is 3. The molecule has 4 unspecified atom stereocenters. The van der Waals surface area contributed by atoms with E-state index in [9.17, 15) is 0 Å². The van der Waals surface area contributed by atoms with E-state index in [2.05, 4.69) is 64.0 Å². The van der Waals surface area contributed by atoms with Gasteiger partial charge in [-0.3, -0.25) is 0 Å². The number of halogens is 1. The molecule has 1 fully saturated rings. The van der Waals surface area contributed by atoms with Crippen LogP contribution in [-0.4, -0.2) is 7.05 Å². The van der Waals surface area contributed by atoms with Crippen molar-refractivity contribution in [2.75, 3.05) is 7.05 Å². The number of hydrogen-bond acceptors (Lipinski definition) is 2. The van der Waals surface area contributed by atoms with Gasteiger partial charge in [0.15, 0.2) is 0 Å². The third-order valence-corrected chi connectivity index (χ3v) is 6.97. The smallest absolute Gasteiger partial charge is 0.0461 e. The summed E-state index contributed by atoms with van der Waals surface area (Å²) in [5.74, 6) is 2.40. The molecule has 4 rings (SSSR count). The van der Waals surface area contributed by atoms with Crippen molar-refractivity contribution in [1.82, 2.24) is 5.32 Å². The van der Waals surface area contributed by atoms with Crippen molar-refractivity contribution in [3.05, 3.63) is 56.2 Å². The summed E-state index contributed by atoms with van der Waals surface area (Å²) in [4.78, 5) is 1.46. The lowest BCUT2D eigenvalue weighted by Gasteiger charge is -2.16. The van der Waals surface area contributed by atoms with Crippen molar-refractivity contribution in [1.29, 1.82) is 0 Å². The number of fused-ring (bicyclic) bond motifs is 3. The van der Waals surface area contributed by atoms with Crippen molar-refractivity contribution < 1.29 is 0 Å². The minimum Gasteiger partial charge on any atom is -0.312 e. The Hall–Kier alpha value is -0.640. The molecule has 2 aliphatic rings. The largest absolute Gasteiger partial charge is 0.312 e. The molecule has 20 heavy (non-hydrogen) atoms. The average molecular weight is 348 g/mol. The maximum absolute atomic E-state index is 3.71. The minimum atomic E-state index is 0.491. The van der Waals surface area contributed by atoms with Crippen molar-refractivity contribution in [3.8, 4) is 0 Å². The topological polar surface area (TPSA) is 12.0 Å². The maximum atomic E-state index is 3.71. The van der Waals surface area contributed by atoms with Gasteiger partial charge < -0.3 is 5.32 Å². The lowest BCUT2D eigenvalue weighted by atomic mass is 9.92. The van der Waals surface area contributed by atoms with Crippen molar-refractivity contribution >= 4 is 27.3 Å². The number of benzene rings is 1. The highest BCUT2D eigenvalue weighted by Crippen LogP contribution is 2.64. The van der Waals surface area contributed by atoms with Crippen LogP contribution in [0.2, 0.25) is 0 Å². The van der Waals surface area contributed by atoms with Gasteiger partial charge in [-0.05, 0) is 76.1 Å². The summed E-state index contributed by atoms with van der Waals surface area (Å²) < 4.78 is 1.26. The van der Waals surface area contributed by atoms with Crippen molar-refractivity contribution in [2.24, 2.45) is 11.8 Å². The Morgan fingerprint density at radius 2 is 2.15 bits per heavy atom. The second-order valence-corrected chi connectivity index (χ2v) is 7.71. The zero-order valence-electron chi connectivity index (χ0n) is 11.5. The SMILES string of the molecule is CNC(c1sccc1Br)C1C2CCc3ccccc3C21. The number of hydrogen-bond donors (Lipinski definition) is 1. The summed E-state index contributed by atoms with van der Waals surface area (Å²) in [7, 11) is 2.10. The fraction of sp³-hybridized carbons (Fsp3) is 0.412. The molecule has 1 N–H and O–H groups in total. The van der Waals surface area contributed by atoms with E-state index in [0.29, 0.717) is 6.04 Å². The van der Waals surface area contributed by atoms with Crippen LogP contribution in [0.15, 0.2) is 40.2 Å². The molecule has 0 bridgehead atoms. The van der Waals surface area contributed by atoms with Gasteiger partial charge in [0.25, 0.3) is 0 Å². The number of thiophene rings is 1. The van der Waals surface area contributed by atoms with E-state index >= 15 is 0 Å². The van der Waals surface area contributed by atoms with Gasteiger partial charge in [-0.15, -0.1) is 11.3 Å². The second kappa shape index (κ2) is 4.97. The summed E-state index contributed by atoms with van der Waals surface area (Å²) in [6.45, 7) is 0. The van der Waals surface area contributed by atoms with Crippen LogP contribution in [-0.2, 0) is 6.42 Å². The van der Waals surface area contributed by atoms with Crippen LogP contribution >= 0.6 is 27.3 Å². The molecule has 2 aliphatic carbocycles. The normalized spacial score (nSPS) is 28.6. The van der Waals surface area contributed by atoms with Crippen LogP contribution < -0.4 is 5.32 Å². The molecule has 4 atom stereocenters. The van der Waals surface area contributed by atoms with Crippen LogP contribution in [0.1, 0.15) is 34.4 Å². The molecule has 0 spiro atoms. The monoisotopic (exact) mass is 347 g/mol. The molecular formula is C17H18BrNS. The van der Waals surface area contributed by atoms with Crippen molar-refractivity contribution in [2.45, 2.75) is 24.8 Å². The van der Waals surface area contributed by atoms with Crippen molar-refractivity contribution in [3.63, 3.8) is 0 Å². The Morgan fingerprint density at radius 3 is 2.90 bits per heavy atom. The summed E-state index contributed by atoms with van der Waals surface area (Å²) in [6.07, 6.45) is 2.61. The van der Waals surface area contributed by atoms with E-state index < -0.39 is 0 Å². The fourth-order valence-electron chi connectivity index (χ4n) is 4.10. The van der Waals surface area contributed by atoms with Gasteiger partial charge in [0, 0.05) is 15.4 Å². The molecule has 1 aromatic heterocycles. The molecule has 0 amide bonds. The van der Waals surface area contributed by atoms with E-state index in [0.717, 1.165) is 17.8 Å². The minimum absolute atomic E-state index is 0.491. The Bertz CT molecular complexity index is 635. The predicted molar refractivity (Wildman–Crippen MR) is 88.3 cm³/mol. The molecule has 0 saturated heterocycles. The molecule has 1 heterocycles. The van der Waals surface area contributed by atoms with Crippen LogP contribution in [0, 0.1) is 11.8 Å². The molecule has 1 nitrogen and oxygen atoms in total. The van der Waals surface area contributed by atoms with Crippen LogP contribution in [0.4, 0.5) is 0 Å². The third-order valence-electron chi connectivity index (χ3n) is 5.01. The van der Waals surface area contributed by atoms with E-state index in [-0.39, 0.29) is 0 Å². The summed E-state index contributed by atoms with van der Waals surface area (Å²) in [5.41, 5.74) is 3.19. The van der Waals surface area contributed by atoms with Gasteiger partial charge in [-0.25, -0.2) is 0 Å². The van der Waals surface area contributed by atoms with Gasteiger partial charge in [-0.2, -0.15) is 0 Å². The average Bonchev–Trinajstić information content (AvgIpc) is 3.06. The summed E-state index contributed by atoms with van der Waals surface area (Å²) in [5, 5.41) is 5.76. The summed E-state index contributed by atoms with van der Waals surface area (Å²) >= 11 is 5.57. The molecule has 104 valence electrons. The first-order valence-electron chi connectivity index (χ1n) is 7.29. The number of aryl methyl sites for hydroxylation is 1. The van der Waals surface area contributed by atoms with Crippen LogP contribution in [0.25, 0.3) is 0 Å². The second-order valence-electron chi connectivity index (χ2n) is 5.90. The summed E-state index contributed by atoms with van der Waals surface area (Å²) in [6, 6.07) is 11.7. The molecule has 3 heteroatoms. The fourth-order valence-corrected chi connectivity index (χ4v) is 5.89. The lowest BCUT2D eigenvalue weighted by molar-refractivity contribution is 0.490. The first-order chi connectivity index (χ1) is 9.81. The molecule has 2 aromatic rings. The predicted octanol–water partition coefficient (Wildman–Crippen LogP) is 4.75. The highest BCUT2D eigenvalue weighted by Gasteiger charge is 2.56. The van der Waals surface area contributed by atoms with Gasteiger partial charge in [0.1, 0.15) is 0 Å². The Kier molecular flexibility index (Phi) is 3.24. The van der Waals surface area contributed by atoms with Gasteiger partial charge in [-0.1, -0.05) is 24.3 Å². The Labute approximate surface area is 132 Å². The van der Waals surface area contributed by atoms with Gasteiger partial charge in [0.2, 0.25) is 0 Å². The highest BCUT2D eigenvalue weighted by atomic mass is 79.9. The quantitative estimate of drug-likeness (QED) is 0.844. The first kappa shape index (κ1) is 13.1. The van der Waals surface area contributed by atoms with Gasteiger partial charge >= 0.3 is 0 Å². The highest BCUT2D eigenvalue weighted by molar-refractivity contribution is 9.10. The van der Waals surface area contributed by atoms with Crippen LogP contribution in [0.3, 0.4) is 0 Å². The standard InChI is InChI=1S/C17H18BrNS/c1-19-16(17-13(18)8-9-20-17)15-12-7-6-10-4-2-3-5-11(10)14(12)15/h2-5,8-9,12,14-16,19H,6-7H2,1H3. The van der Waals surface area contributed by atoms with E-state index in [1.165, 1.54) is 22.2 Å². The van der Waals surface area contributed by atoms with Crippen LogP contribution in [0.5, 0.6) is 0 Å².